The van der Waals surface area contributed by atoms with E-state index in [0.29, 0.717) is 17.2 Å². The lowest BCUT2D eigenvalue weighted by molar-refractivity contribution is -0.114. The second-order valence-electron chi connectivity index (χ2n) is 8.22. The third-order valence-corrected chi connectivity index (χ3v) is 7.55. The van der Waals surface area contributed by atoms with Crippen molar-refractivity contribution in [3.05, 3.63) is 47.0 Å². The molecule has 12 heteroatoms. The summed E-state index contributed by atoms with van der Waals surface area (Å²) in [7, 11) is -3.83. The molecule has 3 rings (SSSR count). The van der Waals surface area contributed by atoms with E-state index in [1.807, 2.05) is 0 Å². The van der Waals surface area contributed by atoms with Crippen molar-refractivity contribution in [2.45, 2.75) is 45.6 Å². The highest BCUT2D eigenvalue weighted by molar-refractivity contribution is 7.89. The number of piperazine rings is 1. The fourth-order valence-electron chi connectivity index (χ4n) is 4.00. The van der Waals surface area contributed by atoms with Crippen molar-refractivity contribution in [2.24, 2.45) is 0 Å². The van der Waals surface area contributed by atoms with E-state index >= 15 is 0 Å². The van der Waals surface area contributed by atoms with E-state index in [9.17, 15) is 22.8 Å². The molecule has 1 fully saturated rings. The van der Waals surface area contributed by atoms with Crippen LogP contribution >= 0.6 is 0 Å². The summed E-state index contributed by atoms with van der Waals surface area (Å²) in [6.45, 7) is 8.44. The number of aryl methyl sites for hydroxylation is 2. The summed E-state index contributed by atoms with van der Waals surface area (Å²) in [5, 5.41) is 2.60. The molecule has 2 amide bonds. The highest BCUT2D eigenvalue weighted by Crippen LogP contribution is 2.24. The van der Waals surface area contributed by atoms with Gasteiger partial charge in [-0.25, -0.2) is 23.2 Å². The minimum Gasteiger partial charge on any atom is -0.462 e. The first-order chi connectivity index (χ1) is 16.4. The standard InChI is InChI=1S/C23H29N5O6S/c1-6-34-23(31)20-15(3)24-16(4)25-21(20)22(30)27-11-12-28(14(2)13-27)35(32,33)19-9-7-18(8-10-19)26-17(5)29/h7-10,14H,6,11-13H2,1-5H3,(H,26,29). The number of rotatable bonds is 6. The van der Waals surface area contributed by atoms with E-state index in [2.05, 4.69) is 15.3 Å². The Morgan fingerprint density at radius 2 is 1.77 bits per heavy atom. The Kier molecular flexibility index (Phi) is 7.86. The van der Waals surface area contributed by atoms with Gasteiger partial charge >= 0.3 is 5.97 Å². The zero-order valence-corrected chi connectivity index (χ0v) is 21.2. The molecule has 2 heterocycles. The van der Waals surface area contributed by atoms with Crippen LogP contribution in [0.1, 0.15) is 53.1 Å². The molecule has 0 aliphatic carbocycles. The second kappa shape index (κ2) is 10.5. The zero-order chi connectivity index (χ0) is 25.9. The van der Waals surface area contributed by atoms with Crippen molar-refractivity contribution in [2.75, 3.05) is 31.6 Å². The number of nitrogens with one attached hydrogen (secondary N) is 1. The Labute approximate surface area is 204 Å². The largest absolute Gasteiger partial charge is 0.462 e. The summed E-state index contributed by atoms with van der Waals surface area (Å²) in [6.07, 6.45) is 0. The van der Waals surface area contributed by atoms with Gasteiger partial charge in [-0.1, -0.05) is 0 Å². The van der Waals surface area contributed by atoms with Crippen LogP contribution in [0.3, 0.4) is 0 Å². The summed E-state index contributed by atoms with van der Waals surface area (Å²) in [6, 6.07) is 5.39. The van der Waals surface area contributed by atoms with Crippen LogP contribution in [0.5, 0.6) is 0 Å². The Hall–Kier alpha value is -3.38. The van der Waals surface area contributed by atoms with Crippen molar-refractivity contribution >= 4 is 33.5 Å². The summed E-state index contributed by atoms with van der Waals surface area (Å²) < 4.78 is 32.9. The van der Waals surface area contributed by atoms with Crippen LogP contribution in [0.4, 0.5) is 5.69 Å². The molecule has 1 aromatic carbocycles. The maximum atomic E-state index is 13.4. The molecule has 1 aromatic heterocycles. The van der Waals surface area contributed by atoms with E-state index in [1.54, 1.807) is 27.7 Å². The van der Waals surface area contributed by atoms with Gasteiger partial charge in [0, 0.05) is 38.3 Å². The topological polar surface area (TPSA) is 139 Å². The maximum Gasteiger partial charge on any atom is 0.342 e. The van der Waals surface area contributed by atoms with Crippen LogP contribution in [0.2, 0.25) is 0 Å². The van der Waals surface area contributed by atoms with E-state index in [-0.39, 0.29) is 48.3 Å². The number of amides is 2. The number of aromatic nitrogens is 2. The number of hydrogen-bond acceptors (Lipinski definition) is 8. The Morgan fingerprint density at radius 3 is 2.34 bits per heavy atom. The van der Waals surface area contributed by atoms with Gasteiger partial charge in [0.05, 0.1) is 17.2 Å². The molecular weight excluding hydrogens is 474 g/mol. The number of anilines is 1. The Bertz CT molecular complexity index is 1250. The average molecular weight is 504 g/mol. The highest BCUT2D eigenvalue weighted by atomic mass is 32.2. The van der Waals surface area contributed by atoms with E-state index in [1.165, 1.54) is 40.4 Å². The van der Waals surface area contributed by atoms with Crippen molar-refractivity contribution in [1.29, 1.82) is 0 Å². The Balaban J connectivity index is 1.81. The average Bonchev–Trinajstić information content (AvgIpc) is 2.77. The van der Waals surface area contributed by atoms with Gasteiger partial charge in [0.1, 0.15) is 17.1 Å². The third-order valence-electron chi connectivity index (χ3n) is 5.52. The van der Waals surface area contributed by atoms with E-state index < -0.39 is 27.9 Å². The van der Waals surface area contributed by atoms with Gasteiger partial charge in [0.25, 0.3) is 5.91 Å². The minimum absolute atomic E-state index is 0.0180. The summed E-state index contributed by atoms with van der Waals surface area (Å²) in [5.74, 6) is -1.07. The van der Waals surface area contributed by atoms with Crippen LogP contribution in [-0.4, -0.2) is 77.7 Å². The number of benzene rings is 1. The van der Waals surface area contributed by atoms with Crippen LogP contribution in [0, 0.1) is 13.8 Å². The van der Waals surface area contributed by atoms with Crippen LogP contribution in [0.25, 0.3) is 0 Å². The molecule has 1 aliphatic rings. The monoisotopic (exact) mass is 503 g/mol. The number of sulfonamides is 1. The molecule has 188 valence electrons. The molecule has 2 aromatic rings. The molecule has 0 spiro atoms. The van der Waals surface area contributed by atoms with Crippen LogP contribution in [-0.2, 0) is 19.6 Å². The minimum atomic E-state index is -3.83. The van der Waals surface area contributed by atoms with Gasteiger partial charge < -0.3 is 15.0 Å². The number of hydrogen-bond donors (Lipinski definition) is 1. The molecule has 1 aliphatic heterocycles. The zero-order valence-electron chi connectivity index (χ0n) is 20.4. The van der Waals surface area contributed by atoms with Crippen LogP contribution < -0.4 is 5.32 Å². The van der Waals surface area contributed by atoms with Gasteiger partial charge in [-0.3, -0.25) is 9.59 Å². The lowest BCUT2D eigenvalue weighted by atomic mass is 10.1. The van der Waals surface area contributed by atoms with Gasteiger partial charge in [-0.15, -0.1) is 0 Å². The first kappa shape index (κ1) is 26.2. The number of ether oxygens (including phenoxy) is 1. The summed E-state index contributed by atoms with van der Waals surface area (Å²) >= 11 is 0. The van der Waals surface area contributed by atoms with E-state index in [0.717, 1.165) is 0 Å². The Morgan fingerprint density at radius 1 is 1.11 bits per heavy atom. The number of nitrogens with zero attached hydrogens (tertiary/aromatic N) is 4. The predicted octanol–water partition coefficient (Wildman–Crippen LogP) is 1.76. The van der Waals surface area contributed by atoms with Crippen molar-refractivity contribution in [3.63, 3.8) is 0 Å². The smallest absolute Gasteiger partial charge is 0.342 e. The first-order valence-corrected chi connectivity index (χ1v) is 12.6. The molecular formula is C23H29N5O6S. The lowest BCUT2D eigenvalue weighted by Gasteiger charge is -2.39. The van der Waals surface area contributed by atoms with Crippen molar-refractivity contribution in [3.8, 4) is 0 Å². The van der Waals surface area contributed by atoms with Gasteiger partial charge in [-0.2, -0.15) is 4.31 Å². The van der Waals surface area contributed by atoms with Gasteiger partial charge in [-0.05, 0) is 52.0 Å². The molecule has 1 atom stereocenters. The number of carbonyl (C=O) groups is 3. The van der Waals surface area contributed by atoms with Crippen molar-refractivity contribution in [1.82, 2.24) is 19.2 Å². The molecule has 0 bridgehead atoms. The fourth-order valence-corrected chi connectivity index (χ4v) is 5.61. The molecule has 0 radical (unpaired) electrons. The second-order valence-corrected chi connectivity index (χ2v) is 10.1. The quantitative estimate of drug-likeness (QED) is 0.589. The fraction of sp³-hybridized carbons (Fsp3) is 0.435. The SMILES string of the molecule is CCOC(=O)c1c(C)nc(C)nc1C(=O)N1CCN(S(=O)(=O)c2ccc(NC(C)=O)cc2)C(C)C1. The molecule has 1 saturated heterocycles. The van der Waals surface area contributed by atoms with Gasteiger partial charge in [0.15, 0.2) is 0 Å². The normalized spacial score (nSPS) is 16.6. The molecule has 1 N–H and O–H groups in total. The van der Waals surface area contributed by atoms with Crippen LogP contribution in [0.15, 0.2) is 29.2 Å². The first-order valence-electron chi connectivity index (χ1n) is 11.2. The predicted molar refractivity (Wildman–Crippen MR) is 127 cm³/mol. The maximum absolute atomic E-state index is 13.4. The number of esters is 1. The van der Waals surface area contributed by atoms with Gasteiger partial charge in [0.2, 0.25) is 15.9 Å². The summed E-state index contributed by atoms with van der Waals surface area (Å²) in [5.41, 5.74) is 0.805. The third kappa shape index (κ3) is 5.65. The molecule has 0 saturated carbocycles. The molecule has 1 unspecified atom stereocenters. The number of carbonyl (C=O) groups excluding carboxylic acids is 3. The van der Waals surface area contributed by atoms with Crippen molar-refractivity contribution < 1.29 is 27.5 Å². The molecule has 35 heavy (non-hydrogen) atoms. The highest BCUT2D eigenvalue weighted by Gasteiger charge is 2.37. The van der Waals surface area contributed by atoms with E-state index in [4.69, 9.17) is 4.74 Å². The summed E-state index contributed by atoms with van der Waals surface area (Å²) in [4.78, 5) is 47.0. The molecule has 11 nitrogen and oxygen atoms in total. The lowest BCUT2D eigenvalue weighted by Crippen LogP contribution is -2.55.